The minimum Gasteiger partial charge on any atom is -0.480 e. The van der Waals surface area contributed by atoms with Gasteiger partial charge in [-0.15, -0.1) is 0 Å². The van der Waals surface area contributed by atoms with E-state index in [-0.39, 0.29) is 11.3 Å². The van der Waals surface area contributed by atoms with Crippen LogP contribution in [-0.2, 0) is 9.59 Å². The van der Waals surface area contributed by atoms with Gasteiger partial charge in [0, 0.05) is 17.4 Å². The summed E-state index contributed by atoms with van der Waals surface area (Å²) in [6, 6.07) is -0.665. The molecular weight excluding hydrogens is 218 g/mol. The van der Waals surface area contributed by atoms with Gasteiger partial charge < -0.3 is 5.11 Å². The van der Waals surface area contributed by atoms with Crippen LogP contribution in [0.25, 0.3) is 0 Å². The van der Waals surface area contributed by atoms with Crippen molar-refractivity contribution < 1.29 is 14.7 Å². The summed E-state index contributed by atoms with van der Waals surface area (Å²) < 4.78 is 0. The molecule has 0 aliphatic carbocycles. The molecule has 0 heterocycles. The van der Waals surface area contributed by atoms with Crippen molar-refractivity contribution in [3.8, 4) is 0 Å². The van der Waals surface area contributed by atoms with Crippen molar-refractivity contribution in [3.63, 3.8) is 0 Å². The van der Waals surface area contributed by atoms with Gasteiger partial charge >= 0.3 is 5.97 Å². The zero-order chi connectivity index (χ0) is 13.9. The van der Waals surface area contributed by atoms with Gasteiger partial charge in [-0.1, -0.05) is 20.8 Å². The summed E-state index contributed by atoms with van der Waals surface area (Å²) in [5, 5.41) is 12.1. The van der Waals surface area contributed by atoms with Crippen LogP contribution in [0.1, 0.15) is 54.4 Å². The minimum absolute atomic E-state index is 0.0967. The van der Waals surface area contributed by atoms with Gasteiger partial charge in [0.05, 0.1) is 0 Å². The summed E-state index contributed by atoms with van der Waals surface area (Å²) in [5.41, 5.74) is -0.668. The van der Waals surface area contributed by atoms with Crippen molar-refractivity contribution in [1.82, 2.24) is 5.32 Å². The van der Waals surface area contributed by atoms with Crippen molar-refractivity contribution >= 4 is 11.8 Å². The Hall–Kier alpha value is -0.900. The highest BCUT2D eigenvalue weighted by molar-refractivity contribution is 5.84. The first-order valence-corrected chi connectivity index (χ1v) is 5.97. The van der Waals surface area contributed by atoms with Crippen LogP contribution in [0.5, 0.6) is 0 Å². The molecule has 17 heavy (non-hydrogen) atoms. The number of carboxylic acids is 1. The van der Waals surface area contributed by atoms with Gasteiger partial charge in [-0.25, -0.2) is 0 Å². The lowest BCUT2D eigenvalue weighted by atomic mass is 9.87. The Kier molecular flexibility index (Phi) is 5.33. The Labute approximate surface area is 104 Å². The highest BCUT2D eigenvalue weighted by atomic mass is 16.4. The average Bonchev–Trinajstić information content (AvgIpc) is 2.07. The number of hydrogen-bond acceptors (Lipinski definition) is 3. The summed E-state index contributed by atoms with van der Waals surface area (Å²) >= 11 is 0. The summed E-state index contributed by atoms with van der Waals surface area (Å²) in [6.07, 6.45) is 0.631. The van der Waals surface area contributed by atoms with E-state index >= 15 is 0 Å². The Bertz CT molecular complexity index is 284. The zero-order valence-corrected chi connectivity index (χ0v) is 11.8. The van der Waals surface area contributed by atoms with Gasteiger partial charge in [0.1, 0.15) is 11.8 Å². The van der Waals surface area contributed by atoms with E-state index < -0.39 is 17.4 Å². The van der Waals surface area contributed by atoms with Crippen molar-refractivity contribution in [2.75, 3.05) is 0 Å². The molecule has 0 saturated heterocycles. The number of carboxylic acid groups (broad SMARTS) is 1. The Balaban J connectivity index is 4.40. The number of nitrogens with one attached hydrogen (secondary N) is 1. The topological polar surface area (TPSA) is 66.4 Å². The number of aliphatic carboxylic acids is 1. The van der Waals surface area contributed by atoms with E-state index in [0.717, 1.165) is 0 Å². The SMILES string of the molecule is CC(C)(C)N[C@H](CCC(=O)C(C)(C)C)C(=O)O. The molecular formula is C13H25NO3. The predicted octanol–water partition coefficient (Wildman–Crippen LogP) is 2.22. The van der Waals surface area contributed by atoms with E-state index in [1.54, 1.807) is 0 Å². The molecule has 0 rings (SSSR count). The van der Waals surface area contributed by atoms with Crippen LogP contribution in [0.3, 0.4) is 0 Å². The number of ketones is 1. The van der Waals surface area contributed by atoms with Crippen LogP contribution >= 0.6 is 0 Å². The molecule has 0 fully saturated rings. The van der Waals surface area contributed by atoms with Crippen LogP contribution < -0.4 is 5.32 Å². The molecule has 0 spiro atoms. The van der Waals surface area contributed by atoms with Gasteiger partial charge in [0.15, 0.2) is 0 Å². The molecule has 0 saturated carbocycles. The monoisotopic (exact) mass is 243 g/mol. The predicted molar refractivity (Wildman–Crippen MR) is 68.0 cm³/mol. The van der Waals surface area contributed by atoms with Gasteiger partial charge in [-0.3, -0.25) is 14.9 Å². The fourth-order valence-corrected chi connectivity index (χ4v) is 1.43. The largest absolute Gasteiger partial charge is 0.480 e. The van der Waals surface area contributed by atoms with Crippen molar-refractivity contribution in [2.45, 2.75) is 66.0 Å². The second-order valence-corrected chi connectivity index (χ2v) is 6.50. The van der Waals surface area contributed by atoms with Crippen LogP contribution in [-0.4, -0.2) is 28.4 Å². The maximum absolute atomic E-state index is 11.7. The highest BCUT2D eigenvalue weighted by Gasteiger charge is 2.27. The molecule has 0 aromatic rings. The van der Waals surface area contributed by atoms with E-state index in [4.69, 9.17) is 5.11 Å². The summed E-state index contributed by atoms with van der Waals surface area (Å²) in [7, 11) is 0. The lowest BCUT2D eigenvalue weighted by Gasteiger charge is -2.26. The van der Waals surface area contributed by atoms with Crippen molar-refractivity contribution in [1.29, 1.82) is 0 Å². The molecule has 0 aliphatic rings. The molecule has 0 unspecified atom stereocenters. The zero-order valence-electron chi connectivity index (χ0n) is 11.8. The van der Waals surface area contributed by atoms with Crippen molar-refractivity contribution in [2.24, 2.45) is 5.41 Å². The quantitative estimate of drug-likeness (QED) is 0.777. The molecule has 1 atom stereocenters. The number of carbonyl (C=O) groups is 2. The number of carbonyl (C=O) groups excluding carboxylic acids is 1. The Morgan fingerprint density at radius 3 is 1.88 bits per heavy atom. The van der Waals surface area contributed by atoms with E-state index in [1.807, 2.05) is 41.5 Å². The van der Waals surface area contributed by atoms with Crippen LogP contribution in [0, 0.1) is 5.41 Å². The Morgan fingerprint density at radius 1 is 1.12 bits per heavy atom. The number of Topliss-reactive ketones (excluding diaryl/α,β-unsaturated/α-hetero) is 1. The van der Waals surface area contributed by atoms with E-state index in [9.17, 15) is 9.59 Å². The summed E-state index contributed by atoms with van der Waals surface area (Å²) in [5.74, 6) is -0.805. The molecule has 2 N–H and O–H groups in total. The summed E-state index contributed by atoms with van der Waals surface area (Å²) in [4.78, 5) is 22.8. The smallest absolute Gasteiger partial charge is 0.320 e. The maximum Gasteiger partial charge on any atom is 0.320 e. The third kappa shape index (κ3) is 7.10. The lowest BCUT2D eigenvalue weighted by molar-refractivity contribution is -0.140. The molecule has 4 nitrogen and oxygen atoms in total. The van der Waals surface area contributed by atoms with Gasteiger partial charge in [0.25, 0.3) is 0 Å². The molecule has 0 aliphatic heterocycles. The molecule has 0 amide bonds. The highest BCUT2D eigenvalue weighted by Crippen LogP contribution is 2.18. The first kappa shape index (κ1) is 16.1. The third-order valence-electron chi connectivity index (χ3n) is 2.40. The normalized spacial score (nSPS) is 14.5. The molecule has 0 aromatic heterocycles. The van der Waals surface area contributed by atoms with E-state index in [1.165, 1.54) is 0 Å². The molecule has 0 bridgehead atoms. The molecule has 100 valence electrons. The molecule has 0 radical (unpaired) electrons. The Morgan fingerprint density at radius 2 is 1.59 bits per heavy atom. The van der Waals surface area contributed by atoms with Gasteiger partial charge in [-0.05, 0) is 27.2 Å². The maximum atomic E-state index is 11.7. The molecule has 0 aromatic carbocycles. The number of rotatable bonds is 5. The summed E-state index contributed by atoms with van der Waals surface area (Å²) in [6.45, 7) is 11.3. The molecule has 4 heteroatoms. The first-order chi connectivity index (χ1) is 7.43. The standard InChI is InChI=1S/C13H25NO3/c1-12(2,3)10(15)8-7-9(11(16)17)14-13(4,5)6/h9,14H,7-8H2,1-6H3,(H,16,17)/t9-/m1/s1. The van der Waals surface area contributed by atoms with E-state index in [2.05, 4.69) is 5.32 Å². The minimum atomic E-state index is -0.901. The van der Waals surface area contributed by atoms with E-state index in [0.29, 0.717) is 12.8 Å². The third-order valence-corrected chi connectivity index (χ3v) is 2.40. The van der Waals surface area contributed by atoms with Gasteiger partial charge in [0.2, 0.25) is 0 Å². The van der Waals surface area contributed by atoms with Gasteiger partial charge in [-0.2, -0.15) is 0 Å². The number of hydrogen-bond donors (Lipinski definition) is 2. The van der Waals surface area contributed by atoms with Crippen LogP contribution in [0.15, 0.2) is 0 Å². The average molecular weight is 243 g/mol. The first-order valence-electron chi connectivity index (χ1n) is 5.97. The lowest BCUT2D eigenvalue weighted by Crippen LogP contribution is -2.48. The van der Waals surface area contributed by atoms with Crippen LogP contribution in [0.4, 0.5) is 0 Å². The van der Waals surface area contributed by atoms with Crippen LogP contribution in [0.2, 0.25) is 0 Å². The van der Waals surface area contributed by atoms with Crippen molar-refractivity contribution in [3.05, 3.63) is 0 Å². The fraction of sp³-hybridized carbons (Fsp3) is 0.846. The second kappa shape index (κ2) is 5.63. The fourth-order valence-electron chi connectivity index (χ4n) is 1.43. The second-order valence-electron chi connectivity index (χ2n) is 6.50.